The van der Waals surface area contributed by atoms with Gasteiger partial charge in [-0.25, -0.2) is 0 Å². The molecule has 2 aromatic heterocycles. The van der Waals surface area contributed by atoms with Crippen LogP contribution in [0.4, 0.5) is 5.88 Å². The molecule has 3 aromatic rings. The van der Waals surface area contributed by atoms with Gasteiger partial charge in [0.05, 0.1) is 18.4 Å². The zero-order valence-corrected chi connectivity index (χ0v) is 10.2. The molecule has 0 fully saturated rings. The number of fused-ring (bicyclic) bond motifs is 1. The average Bonchev–Trinajstić information content (AvgIpc) is 2.99. The lowest BCUT2D eigenvalue weighted by molar-refractivity contribution is 0.410. The van der Waals surface area contributed by atoms with Gasteiger partial charge >= 0.3 is 0 Å². The average molecular weight is 265 g/mol. The Morgan fingerprint density at radius 3 is 2.89 bits per heavy atom. The third-order valence-electron chi connectivity index (χ3n) is 2.66. The van der Waals surface area contributed by atoms with Crippen LogP contribution in [0, 0.1) is 0 Å². The highest BCUT2D eigenvalue weighted by atomic mass is 35.5. The van der Waals surface area contributed by atoms with Gasteiger partial charge in [0.15, 0.2) is 11.3 Å². The van der Waals surface area contributed by atoms with Crippen molar-refractivity contribution in [1.29, 1.82) is 0 Å². The Bertz CT molecular complexity index is 717. The minimum atomic E-state index is 0.229. The Hall–Kier alpha value is -2.14. The molecular weight excluding hydrogens is 256 g/mol. The van der Waals surface area contributed by atoms with E-state index in [1.54, 1.807) is 31.6 Å². The molecule has 0 amide bonds. The molecular formula is C12H9ClN2O3. The highest BCUT2D eigenvalue weighted by molar-refractivity contribution is 6.38. The number of nitrogen functional groups attached to an aromatic ring is 1. The van der Waals surface area contributed by atoms with Crippen LogP contribution in [-0.4, -0.2) is 12.3 Å². The first-order valence-electron chi connectivity index (χ1n) is 5.17. The summed E-state index contributed by atoms with van der Waals surface area (Å²) in [6.45, 7) is 0. The molecule has 0 aliphatic rings. The normalized spacial score (nSPS) is 11.0. The molecule has 0 aliphatic heterocycles. The zero-order chi connectivity index (χ0) is 12.7. The van der Waals surface area contributed by atoms with Crippen molar-refractivity contribution in [3.63, 3.8) is 0 Å². The number of aromatic nitrogens is 1. The Morgan fingerprint density at radius 2 is 2.22 bits per heavy atom. The largest absolute Gasteiger partial charge is 0.493 e. The predicted molar refractivity (Wildman–Crippen MR) is 67.7 cm³/mol. The second-order valence-corrected chi connectivity index (χ2v) is 4.10. The van der Waals surface area contributed by atoms with Gasteiger partial charge in [0.2, 0.25) is 5.88 Å². The quantitative estimate of drug-likeness (QED) is 0.768. The Balaban J connectivity index is 2.32. The maximum Gasteiger partial charge on any atom is 0.222 e. The van der Waals surface area contributed by atoms with Gasteiger partial charge in [-0.15, -0.1) is 0 Å². The SMILES string of the molecule is COc1cc(-c2cc(N)on2)c(Cl)c2ccoc12. The molecule has 2 heterocycles. The second kappa shape index (κ2) is 3.96. The molecule has 0 unspecified atom stereocenters. The number of nitrogens with zero attached hydrogens (tertiary/aromatic N) is 1. The molecule has 0 spiro atoms. The molecule has 5 nitrogen and oxygen atoms in total. The molecule has 0 radical (unpaired) electrons. The number of rotatable bonds is 2. The van der Waals surface area contributed by atoms with E-state index in [4.69, 9.17) is 31.0 Å². The minimum absolute atomic E-state index is 0.229. The third kappa shape index (κ3) is 1.52. The number of furan rings is 1. The van der Waals surface area contributed by atoms with Gasteiger partial charge in [-0.05, 0) is 12.1 Å². The minimum Gasteiger partial charge on any atom is -0.493 e. The van der Waals surface area contributed by atoms with E-state index in [-0.39, 0.29) is 5.88 Å². The van der Waals surface area contributed by atoms with E-state index in [0.717, 1.165) is 5.39 Å². The summed E-state index contributed by atoms with van der Waals surface area (Å²) in [6, 6.07) is 5.12. The molecule has 0 bridgehead atoms. The van der Waals surface area contributed by atoms with Crippen LogP contribution < -0.4 is 10.5 Å². The summed E-state index contributed by atoms with van der Waals surface area (Å²) < 4.78 is 15.5. The maximum atomic E-state index is 6.32. The fourth-order valence-corrected chi connectivity index (χ4v) is 2.13. The number of benzene rings is 1. The topological polar surface area (TPSA) is 74.4 Å². The molecule has 0 atom stereocenters. The van der Waals surface area contributed by atoms with Crippen LogP contribution in [-0.2, 0) is 0 Å². The lowest BCUT2D eigenvalue weighted by Crippen LogP contribution is -1.87. The number of halogens is 1. The summed E-state index contributed by atoms with van der Waals surface area (Å²) in [5.41, 5.74) is 7.34. The van der Waals surface area contributed by atoms with E-state index >= 15 is 0 Å². The first kappa shape index (κ1) is 11.0. The van der Waals surface area contributed by atoms with E-state index in [0.29, 0.717) is 27.6 Å². The molecule has 1 aromatic carbocycles. The van der Waals surface area contributed by atoms with Gasteiger partial charge in [0, 0.05) is 17.0 Å². The van der Waals surface area contributed by atoms with Gasteiger partial charge < -0.3 is 19.4 Å². The van der Waals surface area contributed by atoms with Crippen LogP contribution in [0.3, 0.4) is 0 Å². The summed E-state index contributed by atoms with van der Waals surface area (Å²) >= 11 is 6.32. The number of hydrogen-bond donors (Lipinski definition) is 1. The van der Waals surface area contributed by atoms with Crippen molar-refractivity contribution < 1.29 is 13.7 Å². The van der Waals surface area contributed by atoms with Crippen LogP contribution >= 0.6 is 11.6 Å². The van der Waals surface area contributed by atoms with Gasteiger partial charge in [0.1, 0.15) is 5.69 Å². The highest BCUT2D eigenvalue weighted by Crippen LogP contribution is 2.40. The van der Waals surface area contributed by atoms with E-state index in [1.807, 2.05) is 0 Å². The standard InChI is InChI=1S/C12H9ClN2O3/c1-16-9-4-7(8-5-10(14)18-15-8)11(13)6-2-3-17-12(6)9/h2-5H,14H2,1H3. The summed E-state index contributed by atoms with van der Waals surface area (Å²) in [5.74, 6) is 0.809. The summed E-state index contributed by atoms with van der Waals surface area (Å²) in [4.78, 5) is 0. The van der Waals surface area contributed by atoms with Crippen molar-refractivity contribution in [1.82, 2.24) is 5.16 Å². The second-order valence-electron chi connectivity index (χ2n) is 3.72. The van der Waals surface area contributed by atoms with Gasteiger partial charge in [-0.3, -0.25) is 0 Å². The number of anilines is 1. The predicted octanol–water partition coefficient (Wildman–Crippen LogP) is 3.33. The molecule has 92 valence electrons. The Labute approximate surface area is 107 Å². The Kier molecular flexibility index (Phi) is 2.41. The van der Waals surface area contributed by atoms with E-state index < -0.39 is 0 Å². The number of hydrogen-bond acceptors (Lipinski definition) is 5. The summed E-state index contributed by atoms with van der Waals surface area (Å²) in [5, 5.41) is 5.12. The van der Waals surface area contributed by atoms with E-state index in [9.17, 15) is 0 Å². The van der Waals surface area contributed by atoms with Crippen LogP contribution in [0.2, 0.25) is 5.02 Å². The number of ether oxygens (including phenoxy) is 1. The van der Waals surface area contributed by atoms with Crippen molar-refractivity contribution in [2.24, 2.45) is 0 Å². The van der Waals surface area contributed by atoms with E-state index in [1.165, 1.54) is 0 Å². The molecule has 0 saturated carbocycles. The lowest BCUT2D eigenvalue weighted by Gasteiger charge is -2.06. The van der Waals surface area contributed by atoms with Crippen molar-refractivity contribution in [2.75, 3.05) is 12.8 Å². The van der Waals surface area contributed by atoms with Crippen molar-refractivity contribution >= 4 is 28.5 Å². The van der Waals surface area contributed by atoms with Crippen LogP contribution in [0.25, 0.3) is 22.2 Å². The van der Waals surface area contributed by atoms with Crippen molar-refractivity contribution in [2.45, 2.75) is 0 Å². The zero-order valence-electron chi connectivity index (χ0n) is 9.44. The number of nitrogens with two attached hydrogens (primary N) is 1. The fourth-order valence-electron chi connectivity index (χ4n) is 1.83. The third-order valence-corrected chi connectivity index (χ3v) is 3.07. The smallest absolute Gasteiger partial charge is 0.222 e. The molecule has 6 heteroatoms. The van der Waals surface area contributed by atoms with Gasteiger partial charge in [-0.2, -0.15) is 0 Å². The molecule has 2 N–H and O–H groups in total. The summed E-state index contributed by atoms with van der Waals surface area (Å²) in [7, 11) is 1.56. The maximum absolute atomic E-state index is 6.32. The number of methoxy groups -OCH3 is 1. The highest BCUT2D eigenvalue weighted by Gasteiger charge is 2.17. The van der Waals surface area contributed by atoms with Crippen LogP contribution in [0.1, 0.15) is 0 Å². The lowest BCUT2D eigenvalue weighted by atomic mass is 10.1. The van der Waals surface area contributed by atoms with Gasteiger partial charge in [-0.1, -0.05) is 16.8 Å². The van der Waals surface area contributed by atoms with Crippen molar-refractivity contribution in [3.05, 3.63) is 29.5 Å². The molecule has 18 heavy (non-hydrogen) atoms. The fraction of sp³-hybridized carbons (Fsp3) is 0.0833. The monoisotopic (exact) mass is 264 g/mol. The van der Waals surface area contributed by atoms with Crippen LogP contribution in [0.15, 0.2) is 33.4 Å². The molecule has 0 saturated heterocycles. The molecule has 0 aliphatic carbocycles. The Morgan fingerprint density at radius 1 is 1.39 bits per heavy atom. The van der Waals surface area contributed by atoms with Crippen molar-refractivity contribution in [3.8, 4) is 17.0 Å². The summed E-state index contributed by atoms with van der Waals surface area (Å²) in [6.07, 6.45) is 1.56. The van der Waals surface area contributed by atoms with Gasteiger partial charge in [0.25, 0.3) is 0 Å². The van der Waals surface area contributed by atoms with E-state index in [2.05, 4.69) is 5.16 Å². The first-order valence-corrected chi connectivity index (χ1v) is 5.54. The first-order chi connectivity index (χ1) is 8.70. The molecule has 3 rings (SSSR count). The van der Waals surface area contributed by atoms with Crippen LogP contribution in [0.5, 0.6) is 5.75 Å².